The lowest BCUT2D eigenvalue weighted by molar-refractivity contribution is 0.574. The maximum atomic E-state index is 13.9. The Morgan fingerprint density at radius 3 is 2.15 bits per heavy atom. The molecule has 4 heteroatoms. The average Bonchev–Trinajstić information content (AvgIpc) is 2.45. The van der Waals surface area contributed by atoms with Crippen molar-refractivity contribution in [1.82, 2.24) is 0 Å². The van der Waals surface area contributed by atoms with Crippen LogP contribution in [0.4, 0.5) is 14.5 Å². The number of hydrogen-bond acceptors (Lipinski definition) is 1. The van der Waals surface area contributed by atoms with E-state index >= 15 is 0 Å². The number of anilines is 1. The van der Waals surface area contributed by atoms with E-state index in [1.54, 1.807) is 11.9 Å². The molecule has 1 nitrogen and oxygen atoms in total. The molecular formula is C16H16ClF2N. The Hall–Kier alpha value is -1.61. The van der Waals surface area contributed by atoms with Gasteiger partial charge in [-0.05, 0) is 29.7 Å². The topological polar surface area (TPSA) is 3.24 Å². The molecule has 0 atom stereocenters. The Morgan fingerprint density at radius 1 is 1.00 bits per heavy atom. The Balaban J connectivity index is 2.11. The lowest BCUT2D eigenvalue weighted by Crippen LogP contribution is -2.22. The SMILES string of the molecule is CN(CCc1ccccc1)c1c(F)cc(CCl)cc1F. The van der Waals surface area contributed by atoms with Crippen LogP contribution in [-0.2, 0) is 12.3 Å². The fraction of sp³-hybridized carbons (Fsp3) is 0.250. The predicted molar refractivity (Wildman–Crippen MR) is 79.3 cm³/mol. The number of rotatable bonds is 5. The summed E-state index contributed by atoms with van der Waals surface area (Å²) in [5, 5.41) is 0. The van der Waals surface area contributed by atoms with Crippen molar-refractivity contribution in [2.75, 3.05) is 18.5 Å². The zero-order valence-corrected chi connectivity index (χ0v) is 12.0. The van der Waals surface area contributed by atoms with Gasteiger partial charge >= 0.3 is 0 Å². The van der Waals surface area contributed by atoms with Gasteiger partial charge in [-0.3, -0.25) is 0 Å². The first-order valence-electron chi connectivity index (χ1n) is 6.40. The zero-order valence-electron chi connectivity index (χ0n) is 11.2. The molecule has 2 aromatic carbocycles. The summed E-state index contributed by atoms with van der Waals surface area (Å²) in [6.07, 6.45) is 0.730. The van der Waals surface area contributed by atoms with Crippen molar-refractivity contribution in [1.29, 1.82) is 0 Å². The van der Waals surface area contributed by atoms with E-state index in [4.69, 9.17) is 11.6 Å². The smallest absolute Gasteiger partial charge is 0.149 e. The van der Waals surface area contributed by atoms with E-state index in [0.717, 1.165) is 12.0 Å². The van der Waals surface area contributed by atoms with Crippen molar-refractivity contribution in [2.24, 2.45) is 0 Å². The van der Waals surface area contributed by atoms with Gasteiger partial charge in [0.15, 0.2) is 0 Å². The number of hydrogen-bond donors (Lipinski definition) is 0. The van der Waals surface area contributed by atoms with Crippen LogP contribution in [0.2, 0.25) is 0 Å². The van der Waals surface area contributed by atoms with Gasteiger partial charge in [0.25, 0.3) is 0 Å². The molecule has 0 bridgehead atoms. The lowest BCUT2D eigenvalue weighted by atomic mass is 10.1. The molecule has 0 N–H and O–H groups in total. The maximum Gasteiger partial charge on any atom is 0.149 e. The van der Waals surface area contributed by atoms with Crippen LogP contribution >= 0.6 is 11.6 Å². The van der Waals surface area contributed by atoms with Crippen LogP contribution < -0.4 is 4.90 Å². The van der Waals surface area contributed by atoms with Crippen molar-refractivity contribution in [3.63, 3.8) is 0 Å². The van der Waals surface area contributed by atoms with E-state index in [9.17, 15) is 8.78 Å². The van der Waals surface area contributed by atoms with Crippen LogP contribution in [0.5, 0.6) is 0 Å². The van der Waals surface area contributed by atoms with Crippen LogP contribution in [-0.4, -0.2) is 13.6 Å². The first-order valence-corrected chi connectivity index (χ1v) is 6.94. The molecule has 0 radical (unpaired) electrons. The molecule has 0 heterocycles. The predicted octanol–water partition coefficient (Wildman–Crippen LogP) is 4.38. The highest BCUT2D eigenvalue weighted by molar-refractivity contribution is 6.17. The molecule has 0 aliphatic carbocycles. The van der Waals surface area contributed by atoms with Crippen molar-refractivity contribution in [2.45, 2.75) is 12.3 Å². The highest BCUT2D eigenvalue weighted by atomic mass is 35.5. The van der Waals surface area contributed by atoms with Gasteiger partial charge in [-0.2, -0.15) is 0 Å². The third-order valence-corrected chi connectivity index (χ3v) is 3.50. The molecule has 0 saturated heterocycles. The summed E-state index contributed by atoms with van der Waals surface area (Å²) in [6.45, 7) is 0.540. The second-order valence-electron chi connectivity index (χ2n) is 4.70. The maximum absolute atomic E-state index is 13.9. The second-order valence-corrected chi connectivity index (χ2v) is 4.97. The summed E-state index contributed by atoms with van der Waals surface area (Å²) >= 11 is 5.60. The Morgan fingerprint density at radius 2 is 1.60 bits per heavy atom. The van der Waals surface area contributed by atoms with Gasteiger partial charge in [0.05, 0.1) is 0 Å². The second kappa shape index (κ2) is 6.71. The molecule has 20 heavy (non-hydrogen) atoms. The molecule has 0 aliphatic rings. The molecule has 0 amide bonds. The van der Waals surface area contributed by atoms with E-state index in [1.807, 2.05) is 30.3 Å². The third kappa shape index (κ3) is 3.48. The molecule has 2 aromatic rings. The quantitative estimate of drug-likeness (QED) is 0.740. The minimum atomic E-state index is -0.573. The third-order valence-electron chi connectivity index (χ3n) is 3.19. The number of nitrogens with zero attached hydrogens (tertiary/aromatic N) is 1. The van der Waals surface area contributed by atoms with Crippen molar-refractivity contribution < 1.29 is 8.78 Å². The summed E-state index contributed by atoms with van der Waals surface area (Å²) in [7, 11) is 1.69. The number of alkyl halides is 1. The van der Waals surface area contributed by atoms with Crippen LogP contribution in [0.15, 0.2) is 42.5 Å². The molecular weight excluding hydrogens is 280 g/mol. The fourth-order valence-corrected chi connectivity index (χ4v) is 2.27. The highest BCUT2D eigenvalue weighted by Crippen LogP contribution is 2.25. The number of halogens is 3. The van der Waals surface area contributed by atoms with Gasteiger partial charge < -0.3 is 4.90 Å². The largest absolute Gasteiger partial charge is 0.370 e. The van der Waals surface area contributed by atoms with Gasteiger partial charge in [0.2, 0.25) is 0 Å². The monoisotopic (exact) mass is 295 g/mol. The van der Waals surface area contributed by atoms with Crippen LogP contribution in [0.3, 0.4) is 0 Å². The first kappa shape index (κ1) is 14.8. The van der Waals surface area contributed by atoms with Crippen molar-refractivity contribution >= 4 is 17.3 Å². The van der Waals surface area contributed by atoms with Gasteiger partial charge in [0.1, 0.15) is 17.3 Å². The lowest BCUT2D eigenvalue weighted by Gasteiger charge is -2.21. The minimum Gasteiger partial charge on any atom is -0.370 e. The highest BCUT2D eigenvalue weighted by Gasteiger charge is 2.15. The molecule has 0 spiro atoms. The molecule has 0 aliphatic heterocycles. The summed E-state index contributed by atoms with van der Waals surface area (Å²) in [5.74, 6) is -1.05. The number of likely N-dealkylation sites (N-methyl/N-ethyl adjacent to an activating group) is 1. The Bertz CT molecular complexity index is 549. The van der Waals surface area contributed by atoms with Gasteiger partial charge in [-0.25, -0.2) is 8.78 Å². The van der Waals surface area contributed by atoms with Crippen LogP contribution in [0, 0.1) is 11.6 Å². The molecule has 0 fully saturated rings. The standard InChI is InChI=1S/C16H16ClF2N/c1-20(8-7-12-5-3-2-4-6-12)16-14(18)9-13(11-17)10-15(16)19/h2-6,9-10H,7-8,11H2,1H3. The van der Waals surface area contributed by atoms with Crippen LogP contribution in [0.1, 0.15) is 11.1 Å². The van der Waals surface area contributed by atoms with Crippen molar-refractivity contribution in [3.05, 3.63) is 65.2 Å². The summed E-state index contributed by atoms with van der Waals surface area (Å²) in [6, 6.07) is 12.4. The normalized spacial score (nSPS) is 10.6. The molecule has 2 rings (SSSR count). The van der Waals surface area contributed by atoms with E-state index in [2.05, 4.69) is 0 Å². The summed E-state index contributed by atoms with van der Waals surface area (Å²) in [5.41, 5.74) is 1.58. The van der Waals surface area contributed by atoms with Crippen molar-refractivity contribution in [3.8, 4) is 0 Å². The fourth-order valence-electron chi connectivity index (χ4n) is 2.11. The molecule has 106 valence electrons. The van der Waals surface area contributed by atoms with E-state index in [1.165, 1.54) is 12.1 Å². The first-order chi connectivity index (χ1) is 9.61. The Kier molecular flexibility index (Phi) is 4.96. The van der Waals surface area contributed by atoms with Gasteiger partial charge in [-0.15, -0.1) is 11.6 Å². The molecule has 0 aromatic heterocycles. The summed E-state index contributed by atoms with van der Waals surface area (Å²) < 4.78 is 27.9. The van der Waals surface area contributed by atoms with E-state index < -0.39 is 11.6 Å². The number of benzene rings is 2. The minimum absolute atomic E-state index is 0.00482. The summed E-state index contributed by atoms with van der Waals surface area (Å²) in [4.78, 5) is 1.59. The van der Waals surface area contributed by atoms with E-state index in [-0.39, 0.29) is 11.6 Å². The zero-order chi connectivity index (χ0) is 14.5. The Labute approximate surface area is 122 Å². The van der Waals surface area contributed by atoms with E-state index in [0.29, 0.717) is 12.1 Å². The van der Waals surface area contributed by atoms with Gasteiger partial charge in [0, 0.05) is 19.5 Å². The van der Waals surface area contributed by atoms with Gasteiger partial charge in [-0.1, -0.05) is 30.3 Å². The van der Waals surface area contributed by atoms with Crippen LogP contribution in [0.25, 0.3) is 0 Å². The molecule has 0 unspecified atom stereocenters. The average molecular weight is 296 g/mol. The molecule has 0 saturated carbocycles.